The van der Waals surface area contributed by atoms with Gasteiger partial charge in [-0.2, -0.15) is 5.26 Å². The maximum Gasteiger partial charge on any atom is 0.311 e. The van der Waals surface area contributed by atoms with Gasteiger partial charge >= 0.3 is 5.97 Å². The van der Waals surface area contributed by atoms with Crippen molar-refractivity contribution in [1.82, 2.24) is 0 Å². The monoisotopic (exact) mass is 278 g/mol. The Morgan fingerprint density at radius 2 is 2.32 bits per heavy atom. The van der Waals surface area contributed by atoms with Crippen molar-refractivity contribution in [2.45, 2.75) is 6.42 Å². The molecule has 5 nitrogen and oxygen atoms in total. The second-order valence-corrected chi connectivity index (χ2v) is 4.61. The van der Waals surface area contributed by atoms with Gasteiger partial charge in [-0.1, -0.05) is 11.6 Å². The maximum atomic E-state index is 11.9. The van der Waals surface area contributed by atoms with Crippen LogP contribution in [0.4, 0.5) is 5.69 Å². The quantitative estimate of drug-likeness (QED) is 0.773. The van der Waals surface area contributed by atoms with Crippen molar-refractivity contribution in [1.29, 1.82) is 5.26 Å². The van der Waals surface area contributed by atoms with E-state index >= 15 is 0 Å². The molecule has 0 aromatic heterocycles. The molecule has 1 aliphatic heterocycles. The summed E-state index contributed by atoms with van der Waals surface area (Å²) < 4.78 is 4.64. The van der Waals surface area contributed by atoms with Gasteiger partial charge in [0.2, 0.25) is 5.91 Å². The lowest BCUT2D eigenvalue weighted by Gasteiger charge is -2.18. The summed E-state index contributed by atoms with van der Waals surface area (Å²) in [5, 5.41) is 9.24. The Morgan fingerprint density at radius 1 is 1.58 bits per heavy atom. The Bertz CT molecular complexity index is 580. The summed E-state index contributed by atoms with van der Waals surface area (Å²) in [5.74, 6) is -1.10. The zero-order valence-corrected chi connectivity index (χ0v) is 11.0. The van der Waals surface area contributed by atoms with Crippen LogP contribution in [0.15, 0.2) is 18.2 Å². The number of benzene rings is 1. The molecule has 19 heavy (non-hydrogen) atoms. The Labute approximate surface area is 115 Å². The van der Waals surface area contributed by atoms with E-state index in [1.54, 1.807) is 18.2 Å². The number of nitriles is 1. The van der Waals surface area contributed by atoms with Crippen LogP contribution in [0.5, 0.6) is 0 Å². The Hall–Kier alpha value is -2.06. The van der Waals surface area contributed by atoms with Crippen LogP contribution in [-0.4, -0.2) is 25.5 Å². The molecule has 0 bridgehead atoms. The molecule has 1 unspecified atom stereocenters. The second kappa shape index (κ2) is 5.29. The number of rotatable bonds is 2. The minimum absolute atomic E-state index is 0.0970. The van der Waals surface area contributed by atoms with Crippen LogP contribution < -0.4 is 4.90 Å². The van der Waals surface area contributed by atoms with Gasteiger partial charge in [0, 0.05) is 13.0 Å². The van der Waals surface area contributed by atoms with Crippen LogP contribution in [0, 0.1) is 17.2 Å². The molecule has 0 saturated carbocycles. The molecule has 6 heteroatoms. The van der Waals surface area contributed by atoms with Crippen LogP contribution in [0.2, 0.25) is 5.02 Å². The normalized spacial score (nSPS) is 18.3. The summed E-state index contributed by atoms with van der Waals surface area (Å²) in [4.78, 5) is 24.8. The smallest absolute Gasteiger partial charge is 0.311 e. The van der Waals surface area contributed by atoms with Gasteiger partial charge < -0.3 is 9.64 Å². The van der Waals surface area contributed by atoms with Crippen molar-refractivity contribution in [3.63, 3.8) is 0 Å². The zero-order valence-electron chi connectivity index (χ0n) is 10.2. The van der Waals surface area contributed by atoms with Crippen LogP contribution in [-0.2, 0) is 14.3 Å². The number of carbonyl (C=O) groups excluding carboxylic acids is 2. The van der Waals surface area contributed by atoms with E-state index in [2.05, 4.69) is 4.74 Å². The van der Waals surface area contributed by atoms with E-state index in [4.69, 9.17) is 16.9 Å². The highest BCUT2D eigenvalue weighted by molar-refractivity contribution is 6.34. The third-order valence-corrected chi connectivity index (χ3v) is 3.35. The molecule has 0 N–H and O–H groups in total. The molecule has 0 spiro atoms. The molecule has 2 rings (SSSR count). The fourth-order valence-electron chi connectivity index (χ4n) is 2.05. The fraction of sp³-hybridized carbons (Fsp3) is 0.308. The number of ether oxygens (including phenoxy) is 1. The molecule has 1 fully saturated rings. The van der Waals surface area contributed by atoms with Gasteiger partial charge in [-0.05, 0) is 18.2 Å². The average molecular weight is 279 g/mol. The molecule has 0 radical (unpaired) electrons. The van der Waals surface area contributed by atoms with E-state index in [9.17, 15) is 9.59 Å². The zero-order chi connectivity index (χ0) is 14.0. The molecule has 1 amide bonds. The molecule has 1 aromatic rings. The van der Waals surface area contributed by atoms with E-state index in [-0.39, 0.29) is 18.9 Å². The largest absolute Gasteiger partial charge is 0.469 e. The molecular formula is C13H11ClN2O3. The highest BCUT2D eigenvalue weighted by Crippen LogP contribution is 2.32. The first-order valence-corrected chi connectivity index (χ1v) is 6.02. The van der Waals surface area contributed by atoms with Crippen LogP contribution in [0.1, 0.15) is 12.0 Å². The van der Waals surface area contributed by atoms with Gasteiger partial charge in [0.1, 0.15) is 0 Å². The van der Waals surface area contributed by atoms with Gasteiger partial charge in [0.15, 0.2) is 0 Å². The van der Waals surface area contributed by atoms with E-state index in [1.165, 1.54) is 12.0 Å². The van der Waals surface area contributed by atoms with Crippen molar-refractivity contribution in [3.05, 3.63) is 28.8 Å². The Kier molecular flexibility index (Phi) is 3.72. The molecule has 98 valence electrons. The number of carbonyl (C=O) groups is 2. The highest BCUT2D eigenvalue weighted by atomic mass is 35.5. The first kappa shape index (κ1) is 13.4. The summed E-state index contributed by atoms with van der Waals surface area (Å²) >= 11 is 6.04. The van der Waals surface area contributed by atoms with Gasteiger partial charge in [0.25, 0.3) is 0 Å². The average Bonchev–Trinajstić information content (AvgIpc) is 2.80. The highest BCUT2D eigenvalue weighted by Gasteiger charge is 2.36. The predicted molar refractivity (Wildman–Crippen MR) is 68.6 cm³/mol. The number of anilines is 1. The third-order valence-electron chi connectivity index (χ3n) is 3.03. The number of esters is 1. The topological polar surface area (TPSA) is 70.4 Å². The molecule has 1 saturated heterocycles. The first-order valence-electron chi connectivity index (χ1n) is 5.64. The van der Waals surface area contributed by atoms with Gasteiger partial charge in [-0.25, -0.2) is 0 Å². The number of nitrogens with zero attached hydrogens (tertiary/aromatic N) is 2. The number of halogens is 1. The van der Waals surface area contributed by atoms with Crippen LogP contribution >= 0.6 is 11.6 Å². The number of hydrogen-bond donors (Lipinski definition) is 0. The Balaban J connectivity index is 2.30. The lowest BCUT2D eigenvalue weighted by atomic mass is 10.1. The van der Waals surface area contributed by atoms with E-state index in [1.807, 2.05) is 6.07 Å². The van der Waals surface area contributed by atoms with Crippen molar-refractivity contribution in [2.75, 3.05) is 18.6 Å². The molecular weight excluding hydrogens is 268 g/mol. The fourth-order valence-corrected chi connectivity index (χ4v) is 2.27. The van der Waals surface area contributed by atoms with Crippen molar-refractivity contribution in [2.24, 2.45) is 5.92 Å². The van der Waals surface area contributed by atoms with E-state index in [0.717, 1.165) is 0 Å². The van der Waals surface area contributed by atoms with Gasteiger partial charge in [-0.15, -0.1) is 0 Å². The van der Waals surface area contributed by atoms with Crippen molar-refractivity contribution < 1.29 is 14.3 Å². The third kappa shape index (κ3) is 2.54. The predicted octanol–water partition coefficient (Wildman–Crippen LogP) is 1.74. The van der Waals surface area contributed by atoms with Gasteiger partial charge in [-0.3, -0.25) is 9.59 Å². The molecule has 1 aliphatic rings. The molecule has 0 aliphatic carbocycles. The lowest BCUT2D eigenvalue weighted by Crippen LogP contribution is -2.26. The maximum absolute atomic E-state index is 11.9. The first-order chi connectivity index (χ1) is 9.06. The van der Waals surface area contributed by atoms with E-state index in [0.29, 0.717) is 16.3 Å². The lowest BCUT2D eigenvalue weighted by molar-refractivity contribution is -0.145. The molecule has 1 aromatic carbocycles. The van der Waals surface area contributed by atoms with E-state index < -0.39 is 11.9 Å². The van der Waals surface area contributed by atoms with Crippen molar-refractivity contribution in [3.8, 4) is 6.07 Å². The van der Waals surface area contributed by atoms with Crippen molar-refractivity contribution >= 4 is 29.2 Å². The summed E-state index contributed by atoms with van der Waals surface area (Å²) in [6.07, 6.45) is 0.0970. The summed E-state index contributed by atoms with van der Waals surface area (Å²) in [5.41, 5.74) is 0.867. The molecule has 1 atom stereocenters. The molecule has 1 heterocycles. The van der Waals surface area contributed by atoms with Crippen LogP contribution in [0.3, 0.4) is 0 Å². The minimum atomic E-state index is -0.487. The van der Waals surface area contributed by atoms with Gasteiger partial charge in [0.05, 0.1) is 35.4 Å². The number of hydrogen-bond acceptors (Lipinski definition) is 4. The minimum Gasteiger partial charge on any atom is -0.469 e. The SMILES string of the molecule is COC(=O)C1CC(=O)N(c2cc(C#N)ccc2Cl)C1. The standard InChI is InChI=1S/C13H11ClN2O3/c1-19-13(18)9-5-12(17)16(7-9)11-4-8(6-15)2-3-10(11)14/h2-4,9H,5,7H2,1H3. The van der Waals surface area contributed by atoms with Crippen LogP contribution in [0.25, 0.3) is 0 Å². The summed E-state index contributed by atoms with van der Waals surface area (Å²) in [6.45, 7) is 0.222. The number of amides is 1. The Morgan fingerprint density at radius 3 is 2.95 bits per heavy atom. The second-order valence-electron chi connectivity index (χ2n) is 4.21. The number of methoxy groups -OCH3 is 1. The summed E-state index contributed by atoms with van der Waals surface area (Å²) in [7, 11) is 1.29. The summed E-state index contributed by atoms with van der Waals surface area (Å²) in [6, 6.07) is 6.67.